The third-order valence-corrected chi connectivity index (χ3v) is 4.89. The van der Waals surface area contributed by atoms with Crippen molar-refractivity contribution in [3.63, 3.8) is 0 Å². The molecule has 2 aliphatic heterocycles. The van der Waals surface area contributed by atoms with Crippen LogP contribution in [0.4, 0.5) is 14.5 Å². The van der Waals surface area contributed by atoms with Crippen LogP contribution in [0.25, 0.3) is 0 Å². The van der Waals surface area contributed by atoms with Crippen LogP contribution < -0.4 is 14.3 Å². The van der Waals surface area contributed by atoms with Crippen molar-refractivity contribution in [1.29, 1.82) is 0 Å². The van der Waals surface area contributed by atoms with Gasteiger partial charge in [-0.25, -0.2) is 13.5 Å². The van der Waals surface area contributed by atoms with E-state index in [9.17, 15) is 8.78 Å². The van der Waals surface area contributed by atoms with Gasteiger partial charge < -0.3 is 5.32 Å². The molecule has 2 aliphatic rings. The van der Waals surface area contributed by atoms with Crippen LogP contribution in [-0.2, 0) is 0 Å². The Morgan fingerprint density at radius 2 is 2.05 bits per heavy atom. The highest BCUT2D eigenvalue weighted by atomic mass is 32.2. The van der Waals surface area contributed by atoms with E-state index in [1.807, 2.05) is 4.31 Å². The van der Waals surface area contributed by atoms with Crippen molar-refractivity contribution in [1.82, 2.24) is 10.0 Å². The zero-order valence-electron chi connectivity index (χ0n) is 10.7. The van der Waals surface area contributed by atoms with E-state index >= 15 is 0 Å². The summed E-state index contributed by atoms with van der Waals surface area (Å²) < 4.78 is 32.1. The van der Waals surface area contributed by atoms with Crippen molar-refractivity contribution >= 4 is 17.8 Å². The van der Waals surface area contributed by atoms with Gasteiger partial charge in [-0.05, 0) is 38.4 Å². The number of hydrogen-bond donors (Lipinski definition) is 2. The molecule has 0 bridgehead atoms. The van der Waals surface area contributed by atoms with Gasteiger partial charge >= 0.3 is 0 Å². The highest BCUT2D eigenvalue weighted by Crippen LogP contribution is 2.41. The van der Waals surface area contributed by atoms with E-state index < -0.39 is 11.6 Å². The topological polar surface area (TPSA) is 27.3 Å². The zero-order chi connectivity index (χ0) is 13.5. The second-order valence-electron chi connectivity index (χ2n) is 5.37. The monoisotopic (exact) mass is 285 g/mol. The summed E-state index contributed by atoms with van der Waals surface area (Å²) in [5.74, 6) is -1.06. The summed E-state index contributed by atoms with van der Waals surface area (Å²) in [6.45, 7) is 3.91. The van der Waals surface area contributed by atoms with Crippen LogP contribution >= 0.6 is 12.1 Å². The van der Waals surface area contributed by atoms with Crippen LogP contribution in [-0.4, -0.2) is 24.7 Å². The average molecular weight is 285 g/mol. The van der Waals surface area contributed by atoms with Crippen LogP contribution in [0.15, 0.2) is 18.2 Å². The molecule has 0 radical (unpaired) electrons. The summed E-state index contributed by atoms with van der Waals surface area (Å²) in [5, 5.41) is 3.42. The molecule has 1 aromatic rings. The molecule has 0 saturated carbocycles. The van der Waals surface area contributed by atoms with Crippen LogP contribution in [0.1, 0.15) is 19.8 Å². The van der Waals surface area contributed by atoms with Crippen molar-refractivity contribution < 1.29 is 8.78 Å². The normalized spacial score (nSPS) is 31.1. The summed E-state index contributed by atoms with van der Waals surface area (Å²) in [6.07, 6.45) is 1.93. The van der Waals surface area contributed by atoms with E-state index in [0.29, 0.717) is 11.7 Å². The molecule has 2 fully saturated rings. The van der Waals surface area contributed by atoms with Gasteiger partial charge in [-0.1, -0.05) is 0 Å². The Hall–Kier alpha value is -0.850. The Balaban J connectivity index is 1.94. The molecule has 3 nitrogen and oxygen atoms in total. The summed E-state index contributed by atoms with van der Waals surface area (Å²) >= 11 is 1.44. The van der Waals surface area contributed by atoms with E-state index in [-0.39, 0.29) is 5.54 Å². The van der Waals surface area contributed by atoms with Gasteiger partial charge in [0, 0.05) is 30.8 Å². The largest absolute Gasteiger partial charge is 0.314 e. The molecule has 104 valence electrons. The molecular weight excluding hydrogens is 268 g/mol. The van der Waals surface area contributed by atoms with Crippen LogP contribution in [0.5, 0.6) is 0 Å². The quantitative estimate of drug-likeness (QED) is 0.775. The molecule has 0 aliphatic carbocycles. The van der Waals surface area contributed by atoms with Gasteiger partial charge in [-0.3, -0.25) is 4.31 Å². The minimum Gasteiger partial charge on any atom is -0.314 e. The van der Waals surface area contributed by atoms with E-state index in [1.54, 1.807) is 0 Å². The predicted molar refractivity (Wildman–Crippen MR) is 73.9 cm³/mol. The highest BCUT2D eigenvalue weighted by Gasteiger charge is 2.45. The van der Waals surface area contributed by atoms with Crippen LogP contribution in [0.3, 0.4) is 0 Å². The van der Waals surface area contributed by atoms with Gasteiger partial charge in [0.2, 0.25) is 0 Å². The third kappa shape index (κ3) is 2.44. The Bertz CT molecular complexity index is 465. The molecule has 1 aromatic carbocycles. The maximum absolute atomic E-state index is 13.4. The minimum absolute atomic E-state index is 0.0600. The summed E-state index contributed by atoms with van der Waals surface area (Å²) in [5.41, 5.74) is 0.539. The second kappa shape index (κ2) is 4.92. The van der Waals surface area contributed by atoms with Crippen molar-refractivity contribution in [2.75, 3.05) is 17.4 Å². The van der Waals surface area contributed by atoms with Gasteiger partial charge in [0.15, 0.2) is 0 Å². The van der Waals surface area contributed by atoms with E-state index in [0.717, 1.165) is 32.0 Å². The first-order chi connectivity index (χ1) is 9.09. The van der Waals surface area contributed by atoms with Gasteiger partial charge in [0.1, 0.15) is 11.6 Å². The number of halogens is 2. The van der Waals surface area contributed by atoms with Gasteiger partial charge in [0.05, 0.1) is 11.2 Å². The standard InChI is InChI=1S/C13H17F2N3S/c1-9-7-13(2-3-16-9)8-17-19-18(13)12-5-10(14)4-11(15)6-12/h4-6,9,16-17H,2-3,7-8H2,1H3/t9-,13+/m0/s1. The molecule has 0 amide bonds. The van der Waals surface area contributed by atoms with Crippen LogP contribution in [0, 0.1) is 11.6 Å². The molecule has 0 unspecified atom stereocenters. The summed E-state index contributed by atoms with van der Waals surface area (Å²) in [4.78, 5) is 0. The fraction of sp³-hybridized carbons (Fsp3) is 0.538. The predicted octanol–water partition coefficient (Wildman–Crippen LogP) is 2.45. The fourth-order valence-electron chi connectivity index (χ4n) is 3.02. The first kappa shape index (κ1) is 13.1. The van der Waals surface area contributed by atoms with Crippen LogP contribution in [0.2, 0.25) is 0 Å². The molecule has 19 heavy (non-hydrogen) atoms. The number of nitrogens with zero attached hydrogens (tertiary/aromatic N) is 1. The molecule has 2 N–H and O–H groups in total. The summed E-state index contributed by atoms with van der Waals surface area (Å²) in [6, 6.07) is 4.12. The lowest BCUT2D eigenvalue weighted by molar-refractivity contribution is 0.283. The Kier molecular flexibility index (Phi) is 3.41. The maximum atomic E-state index is 13.4. The Morgan fingerprint density at radius 1 is 1.32 bits per heavy atom. The fourth-order valence-corrected chi connectivity index (χ4v) is 4.12. The molecule has 6 heteroatoms. The molecule has 2 heterocycles. The zero-order valence-corrected chi connectivity index (χ0v) is 11.6. The van der Waals surface area contributed by atoms with Crippen molar-refractivity contribution in [2.24, 2.45) is 0 Å². The number of piperidine rings is 1. The van der Waals surface area contributed by atoms with Gasteiger partial charge in [-0.15, -0.1) is 0 Å². The first-order valence-electron chi connectivity index (χ1n) is 6.49. The number of benzene rings is 1. The lowest BCUT2D eigenvalue weighted by Crippen LogP contribution is -2.55. The molecule has 0 aromatic heterocycles. The molecule has 1 spiro atoms. The van der Waals surface area contributed by atoms with Crippen molar-refractivity contribution in [3.05, 3.63) is 29.8 Å². The van der Waals surface area contributed by atoms with Gasteiger partial charge in [-0.2, -0.15) is 0 Å². The minimum atomic E-state index is -0.528. The average Bonchev–Trinajstić information content (AvgIpc) is 2.70. The molecule has 3 rings (SSSR count). The molecular formula is C13H17F2N3S. The maximum Gasteiger partial charge on any atom is 0.128 e. The Labute approximate surface area is 116 Å². The number of anilines is 1. The number of nitrogens with one attached hydrogen (secondary N) is 2. The number of hydrogen-bond acceptors (Lipinski definition) is 4. The van der Waals surface area contributed by atoms with E-state index in [4.69, 9.17) is 0 Å². The third-order valence-electron chi connectivity index (χ3n) is 3.84. The highest BCUT2D eigenvalue weighted by molar-refractivity contribution is 7.99. The second-order valence-corrected chi connectivity index (χ2v) is 6.20. The van der Waals surface area contributed by atoms with E-state index in [2.05, 4.69) is 17.0 Å². The van der Waals surface area contributed by atoms with E-state index in [1.165, 1.54) is 24.3 Å². The molecule has 2 atom stereocenters. The van der Waals surface area contributed by atoms with Crippen molar-refractivity contribution in [3.8, 4) is 0 Å². The SMILES string of the molecule is C[C@H]1C[C@]2(CCN1)CNSN2c1cc(F)cc(F)c1. The summed E-state index contributed by atoms with van der Waals surface area (Å²) in [7, 11) is 0. The smallest absolute Gasteiger partial charge is 0.128 e. The van der Waals surface area contributed by atoms with Gasteiger partial charge in [0.25, 0.3) is 0 Å². The number of rotatable bonds is 1. The lowest BCUT2D eigenvalue weighted by atomic mass is 9.84. The first-order valence-corrected chi connectivity index (χ1v) is 7.26. The molecule has 2 saturated heterocycles. The van der Waals surface area contributed by atoms with Crippen molar-refractivity contribution in [2.45, 2.75) is 31.3 Å². The Morgan fingerprint density at radius 3 is 2.74 bits per heavy atom. The lowest BCUT2D eigenvalue weighted by Gasteiger charge is -2.43.